The number of aryl methyl sites for hydroxylation is 1. The number of amides is 1. The average molecular weight is 471 g/mol. The lowest BCUT2D eigenvalue weighted by Crippen LogP contribution is -2.35. The quantitative estimate of drug-likeness (QED) is 0.451. The SMILES string of the molecule is CC(=O)N1CCc2c(c(-c3cccc4cc(-c5cnn(C)c5C)ncc34)nn2C2CCOCC2)C1. The van der Waals surface area contributed by atoms with E-state index in [1.165, 1.54) is 5.69 Å². The molecule has 0 N–H and O–H groups in total. The zero-order valence-electron chi connectivity index (χ0n) is 20.5. The Hall–Kier alpha value is -3.52. The molecule has 6 rings (SSSR count). The minimum Gasteiger partial charge on any atom is -0.381 e. The highest BCUT2D eigenvalue weighted by Crippen LogP contribution is 2.37. The van der Waals surface area contributed by atoms with E-state index in [1.54, 1.807) is 6.92 Å². The van der Waals surface area contributed by atoms with E-state index in [2.05, 4.69) is 41.0 Å². The van der Waals surface area contributed by atoms with Gasteiger partial charge in [-0.1, -0.05) is 18.2 Å². The van der Waals surface area contributed by atoms with Gasteiger partial charge in [0.15, 0.2) is 0 Å². The Labute approximate surface area is 204 Å². The van der Waals surface area contributed by atoms with Crippen LogP contribution in [-0.4, -0.2) is 55.1 Å². The number of benzene rings is 1. The number of nitrogens with zero attached hydrogens (tertiary/aromatic N) is 6. The van der Waals surface area contributed by atoms with Crippen molar-refractivity contribution < 1.29 is 9.53 Å². The third kappa shape index (κ3) is 3.72. The molecule has 0 radical (unpaired) electrons. The predicted molar refractivity (Wildman–Crippen MR) is 134 cm³/mol. The molecule has 8 nitrogen and oxygen atoms in total. The smallest absolute Gasteiger partial charge is 0.219 e. The van der Waals surface area contributed by atoms with Crippen LogP contribution in [0.1, 0.15) is 42.8 Å². The van der Waals surface area contributed by atoms with Crippen LogP contribution in [0.5, 0.6) is 0 Å². The Morgan fingerprint density at radius 2 is 1.97 bits per heavy atom. The van der Waals surface area contributed by atoms with E-state index < -0.39 is 0 Å². The summed E-state index contributed by atoms with van der Waals surface area (Å²) in [4.78, 5) is 19.0. The first-order chi connectivity index (χ1) is 17.0. The molecule has 2 aliphatic heterocycles. The van der Waals surface area contributed by atoms with Crippen LogP contribution in [-0.2, 0) is 29.5 Å². The maximum Gasteiger partial charge on any atom is 0.219 e. The van der Waals surface area contributed by atoms with E-state index in [-0.39, 0.29) is 5.91 Å². The minimum absolute atomic E-state index is 0.108. The second kappa shape index (κ2) is 8.61. The maximum absolute atomic E-state index is 12.2. The lowest BCUT2D eigenvalue weighted by molar-refractivity contribution is -0.129. The Kier molecular flexibility index (Phi) is 5.40. The maximum atomic E-state index is 12.2. The number of hydrogen-bond donors (Lipinski definition) is 0. The van der Waals surface area contributed by atoms with Crippen LogP contribution in [0, 0.1) is 6.92 Å². The molecule has 0 aliphatic carbocycles. The lowest BCUT2D eigenvalue weighted by atomic mass is 9.96. The first-order valence-electron chi connectivity index (χ1n) is 12.3. The van der Waals surface area contributed by atoms with Gasteiger partial charge in [-0.05, 0) is 31.2 Å². The number of aromatic nitrogens is 5. The molecule has 0 spiro atoms. The van der Waals surface area contributed by atoms with Gasteiger partial charge < -0.3 is 9.64 Å². The monoisotopic (exact) mass is 470 g/mol. The Bertz CT molecular complexity index is 1430. The molecule has 1 amide bonds. The summed E-state index contributed by atoms with van der Waals surface area (Å²) in [7, 11) is 1.94. The second-order valence-corrected chi connectivity index (χ2v) is 9.62. The molecule has 1 fully saturated rings. The fourth-order valence-corrected chi connectivity index (χ4v) is 5.44. The number of carbonyl (C=O) groups is 1. The zero-order valence-corrected chi connectivity index (χ0v) is 20.5. The van der Waals surface area contributed by atoms with Crippen LogP contribution >= 0.6 is 0 Å². The number of carbonyl (C=O) groups excluding carboxylic acids is 1. The van der Waals surface area contributed by atoms with E-state index >= 15 is 0 Å². The summed E-state index contributed by atoms with van der Waals surface area (Å²) in [6, 6.07) is 8.81. The van der Waals surface area contributed by atoms with Crippen molar-refractivity contribution in [3.05, 3.63) is 53.6 Å². The van der Waals surface area contributed by atoms with Crippen molar-refractivity contribution in [1.29, 1.82) is 0 Å². The molecule has 3 aromatic heterocycles. The van der Waals surface area contributed by atoms with Gasteiger partial charge in [-0.2, -0.15) is 10.2 Å². The van der Waals surface area contributed by atoms with Crippen LogP contribution in [0.25, 0.3) is 33.3 Å². The van der Waals surface area contributed by atoms with Crippen LogP contribution in [0.3, 0.4) is 0 Å². The van der Waals surface area contributed by atoms with Crippen LogP contribution < -0.4 is 0 Å². The Morgan fingerprint density at radius 1 is 1.14 bits per heavy atom. The van der Waals surface area contributed by atoms with Crippen molar-refractivity contribution in [2.24, 2.45) is 7.05 Å². The molecule has 2 aliphatic rings. The third-order valence-corrected chi connectivity index (χ3v) is 7.60. The highest BCUT2D eigenvalue weighted by Gasteiger charge is 2.30. The van der Waals surface area contributed by atoms with E-state index in [0.717, 1.165) is 83.6 Å². The predicted octanol–water partition coefficient (Wildman–Crippen LogP) is 4.06. The highest BCUT2D eigenvalue weighted by atomic mass is 16.5. The number of hydrogen-bond acceptors (Lipinski definition) is 5. The Balaban J connectivity index is 1.49. The van der Waals surface area contributed by atoms with Crippen molar-refractivity contribution in [3.8, 4) is 22.5 Å². The van der Waals surface area contributed by atoms with Gasteiger partial charge in [0.25, 0.3) is 0 Å². The van der Waals surface area contributed by atoms with Crippen molar-refractivity contribution in [2.45, 2.75) is 45.7 Å². The summed E-state index contributed by atoms with van der Waals surface area (Å²) >= 11 is 0. The van der Waals surface area contributed by atoms with Gasteiger partial charge in [-0.3, -0.25) is 19.1 Å². The summed E-state index contributed by atoms with van der Waals surface area (Å²) in [5.41, 5.74) is 7.50. The zero-order chi connectivity index (χ0) is 24.1. The largest absolute Gasteiger partial charge is 0.381 e. The summed E-state index contributed by atoms with van der Waals surface area (Å²) in [5.74, 6) is 0.108. The molecule has 0 saturated carbocycles. The standard InChI is InChI=1S/C27H30N6O2/c1-17-22(15-29-31(17)3)25-13-19-5-4-6-21(23(19)14-28-25)27-24-16-32(18(2)34)10-7-26(24)33(30-27)20-8-11-35-12-9-20/h4-6,13-15,20H,7-12,16H2,1-3H3. The van der Waals surface area contributed by atoms with E-state index in [9.17, 15) is 4.79 Å². The molecule has 0 unspecified atom stereocenters. The highest BCUT2D eigenvalue weighted by molar-refractivity contribution is 5.97. The van der Waals surface area contributed by atoms with E-state index in [0.29, 0.717) is 12.6 Å². The number of pyridine rings is 1. The molecular weight excluding hydrogens is 440 g/mol. The van der Waals surface area contributed by atoms with Crippen molar-refractivity contribution in [2.75, 3.05) is 19.8 Å². The van der Waals surface area contributed by atoms with Crippen molar-refractivity contribution in [1.82, 2.24) is 29.4 Å². The average Bonchev–Trinajstić information content (AvgIpc) is 3.43. The minimum atomic E-state index is 0.108. The van der Waals surface area contributed by atoms with Crippen molar-refractivity contribution in [3.63, 3.8) is 0 Å². The normalized spacial score (nSPS) is 16.6. The number of fused-ring (bicyclic) bond motifs is 2. The first-order valence-corrected chi connectivity index (χ1v) is 12.3. The van der Waals surface area contributed by atoms with Gasteiger partial charge in [-0.25, -0.2) is 0 Å². The fraction of sp³-hybridized carbons (Fsp3) is 0.407. The molecule has 1 aromatic carbocycles. The van der Waals surface area contributed by atoms with Gasteiger partial charge in [-0.15, -0.1) is 0 Å². The summed E-state index contributed by atoms with van der Waals surface area (Å²) in [5, 5.41) is 11.8. The van der Waals surface area contributed by atoms with Gasteiger partial charge >= 0.3 is 0 Å². The molecule has 35 heavy (non-hydrogen) atoms. The number of rotatable bonds is 3. The first kappa shape index (κ1) is 22.0. The van der Waals surface area contributed by atoms with Crippen molar-refractivity contribution >= 4 is 16.7 Å². The second-order valence-electron chi connectivity index (χ2n) is 9.62. The van der Waals surface area contributed by atoms with Crippen LogP contribution in [0.4, 0.5) is 0 Å². The van der Waals surface area contributed by atoms with E-state index in [4.69, 9.17) is 14.8 Å². The molecule has 8 heteroatoms. The fourth-order valence-electron chi connectivity index (χ4n) is 5.44. The lowest BCUT2D eigenvalue weighted by Gasteiger charge is -2.29. The summed E-state index contributed by atoms with van der Waals surface area (Å²) < 4.78 is 9.72. The molecule has 0 bridgehead atoms. The van der Waals surface area contributed by atoms with Gasteiger partial charge in [0.05, 0.1) is 23.6 Å². The topological polar surface area (TPSA) is 78.1 Å². The molecular formula is C27H30N6O2. The summed E-state index contributed by atoms with van der Waals surface area (Å²) in [6.07, 6.45) is 6.59. The van der Waals surface area contributed by atoms with Gasteiger partial charge in [0.2, 0.25) is 5.91 Å². The molecule has 5 heterocycles. The molecule has 4 aromatic rings. The van der Waals surface area contributed by atoms with Crippen LogP contribution in [0.2, 0.25) is 0 Å². The third-order valence-electron chi connectivity index (χ3n) is 7.60. The molecule has 1 saturated heterocycles. The van der Waals surface area contributed by atoms with Crippen LogP contribution in [0.15, 0.2) is 36.7 Å². The number of ether oxygens (including phenoxy) is 1. The molecule has 180 valence electrons. The Morgan fingerprint density at radius 3 is 2.71 bits per heavy atom. The van der Waals surface area contributed by atoms with Gasteiger partial charge in [0.1, 0.15) is 0 Å². The van der Waals surface area contributed by atoms with E-state index in [1.807, 2.05) is 29.0 Å². The summed E-state index contributed by atoms with van der Waals surface area (Å²) in [6.45, 7) is 6.57. The van der Waals surface area contributed by atoms with Gasteiger partial charge in [0, 0.05) is 86.4 Å². The molecule has 0 atom stereocenters.